The Balaban J connectivity index is 1.70. The Bertz CT molecular complexity index is 606. The van der Waals surface area contributed by atoms with Gasteiger partial charge in [-0.25, -0.2) is 4.98 Å². The number of benzene rings is 1. The largest absolute Gasteiger partial charge is 0.334 e. The quantitative estimate of drug-likeness (QED) is 0.937. The smallest absolute Gasteiger partial charge is 0.254 e. The van der Waals surface area contributed by atoms with Crippen LogP contribution in [0.2, 0.25) is 0 Å². The summed E-state index contributed by atoms with van der Waals surface area (Å²) in [7, 11) is 0. The average molecular weight is 298 g/mol. The van der Waals surface area contributed by atoms with Crippen molar-refractivity contribution >= 4 is 5.91 Å². The number of amides is 1. The summed E-state index contributed by atoms with van der Waals surface area (Å²) in [6.45, 7) is 2.13. The van der Waals surface area contributed by atoms with Crippen LogP contribution in [0.5, 0.6) is 0 Å². The molecule has 5 nitrogen and oxygen atoms in total. The number of rotatable bonds is 4. The zero-order valence-corrected chi connectivity index (χ0v) is 12.7. The lowest BCUT2D eigenvalue weighted by Crippen LogP contribution is -2.47. The van der Waals surface area contributed by atoms with Crippen LogP contribution in [0.1, 0.15) is 35.2 Å². The number of nitrogens with two attached hydrogens (primary N) is 1. The molecule has 1 atom stereocenters. The molecule has 22 heavy (non-hydrogen) atoms. The number of hydrogen-bond acceptors (Lipinski definition) is 3. The summed E-state index contributed by atoms with van der Waals surface area (Å²) in [5.74, 6) is 0.101. The topological polar surface area (TPSA) is 64.2 Å². The highest BCUT2D eigenvalue weighted by Gasteiger charge is 2.26. The number of carbonyl (C=O) groups excluding carboxylic acids is 1. The minimum Gasteiger partial charge on any atom is -0.334 e. The molecule has 1 unspecified atom stereocenters. The molecule has 0 radical (unpaired) electrons. The minimum atomic E-state index is 0.101. The van der Waals surface area contributed by atoms with Crippen molar-refractivity contribution in [3.63, 3.8) is 0 Å². The van der Waals surface area contributed by atoms with Crippen LogP contribution in [0, 0.1) is 0 Å². The number of aromatic nitrogens is 2. The van der Waals surface area contributed by atoms with Gasteiger partial charge in [0.2, 0.25) is 0 Å². The van der Waals surface area contributed by atoms with Crippen molar-refractivity contribution in [3.05, 3.63) is 54.1 Å². The Kier molecular flexibility index (Phi) is 4.53. The standard InChI is InChI=1S/C17H22N4O/c18-11-16-3-1-2-9-21(16)17(22)15-6-4-14(5-7-15)12-20-10-8-19-13-20/h4-8,10,13,16H,1-3,9,11-12,18H2. The first-order valence-electron chi connectivity index (χ1n) is 7.83. The van der Waals surface area contributed by atoms with E-state index in [0.717, 1.165) is 43.5 Å². The Labute approximate surface area is 130 Å². The van der Waals surface area contributed by atoms with E-state index >= 15 is 0 Å². The van der Waals surface area contributed by atoms with Crippen molar-refractivity contribution < 1.29 is 4.79 Å². The van der Waals surface area contributed by atoms with Gasteiger partial charge in [-0.05, 0) is 37.0 Å². The van der Waals surface area contributed by atoms with Crippen molar-refractivity contribution in [2.45, 2.75) is 31.8 Å². The summed E-state index contributed by atoms with van der Waals surface area (Å²) in [6, 6.07) is 8.03. The number of piperidine rings is 1. The summed E-state index contributed by atoms with van der Waals surface area (Å²) in [5.41, 5.74) is 7.71. The van der Waals surface area contributed by atoms with Crippen LogP contribution in [-0.2, 0) is 6.54 Å². The van der Waals surface area contributed by atoms with Gasteiger partial charge in [0.25, 0.3) is 5.91 Å². The first kappa shape index (κ1) is 14.8. The van der Waals surface area contributed by atoms with Crippen molar-refractivity contribution in [2.24, 2.45) is 5.73 Å². The normalized spacial score (nSPS) is 18.4. The second-order valence-electron chi connectivity index (χ2n) is 5.82. The van der Waals surface area contributed by atoms with Crippen molar-refractivity contribution in [1.29, 1.82) is 0 Å². The third-order valence-electron chi connectivity index (χ3n) is 4.29. The Morgan fingerprint density at radius 2 is 2.09 bits per heavy atom. The number of carbonyl (C=O) groups is 1. The molecular formula is C17H22N4O. The Morgan fingerprint density at radius 1 is 1.27 bits per heavy atom. The fourth-order valence-corrected chi connectivity index (χ4v) is 3.02. The van der Waals surface area contributed by atoms with E-state index in [-0.39, 0.29) is 11.9 Å². The molecule has 1 aromatic carbocycles. The van der Waals surface area contributed by atoms with Gasteiger partial charge in [-0.3, -0.25) is 4.79 Å². The van der Waals surface area contributed by atoms with Gasteiger partial charge in [0.1, 0.15) is 0 Å². The molecule has 116 valence electrons. The lowest BCUT2D eigenvalue weighted by molar-refractivity contribution is 0.0623. The van der Waals surface area contributed by atoms with Crippen molar-refractivity contribution in [1.82, 2.24) is 14.5 Å². The third kappa shape index (κ3) is 3.20. The molecule has 2 aromatic rings. The summed E-state index contributed by atoms with van der Waals surface area (Å²) >= 11 is 0. The molecule has 0 bridgehead atoms. The zero-order chi connectivity index (χ0) is 15.4. The van der Waals surface area contributed by atoms with Crippen LogP contribution in [-0.4, -0.2) is 39.5 Å². The first-order valence-corrected chi connectivity index (χ1v) is 7.83. The fourth-order valence-electron chi connectivity index (χ4n) is 3.02. The molecule has 1 amide bonds. The van der Waals surface area contributed by atoms with Crippen LogP contribution in [0.4, 0.5) is 0 Å². The molecule has 3 rings (SSSR count). The highest BCUT2D eigenvalue weighted by molar-refractivity contribution is 5.94. The maximum Gasteiger partial charge on any atom is 0.254 e. The summed E-state index contributed by atoms with van der Waals surface area (Å²) < 4.78 is 2.01. The van der Waals surface area contributed by atoms with E-state index in [0.29, 0.717) is 6.54 Å². The van der Waals surface area contributed by atoms with Gasteiger partial charge in [0.05, 0.1) is 6.33 Å². The molecule has 0 saturated carbocycles. The van der Waals surface area contributed by atoms with E-state index in [1.807, 2.05) is 39.9 Å². The predicted octanol–water partition coefficient (Wildman–Crippen LogP) is 1.88. The monoisotopic (exact) mass is 298 g/mol. The molecule has 2 N–H and O–H groups in total. The maximum atomic E-state index is 12.7. The molecule has 5 heteroatoms. The van der Waals surface area contributed by atoms with Gasteiger partial charge >= 0.3 is 0 Å². The lowest BCUT2D eigenvalue weighted by Gasteiger charge is -2.35. The highest BCUT2D eigenvalue weighted by Crippen LogP contribution is 2.19. The van der Waals surface area contributed by atoms with Gasteiger partial charge in [0.15, 0.2) is 0 Å². The molecule has 1 aliphatic heterocycles. The molecule has 2 heterocycles. The SMILES string of the molecule is NCC1CCCCN1C(=O)c1ccc(Cn2ccnc2)cc1. The summed E-state index contributed by atoms with van der Waals surface area (Å²) in [4.78, 5) is 18.6. The summed E-state index contributed by atoms with van der Waals surface area (Å²) in [6.07, 6.45) is 8.73. The number of hydrogen-bond donors (Lipinski definition) is 1. The zero-order valence-electron chi connectivity index (χ0n) is 12.7. The minimum absolute atomic E-state index is 0.101. The van der Waals surface area contributed by atoms with E-state index in [2.05, 4.69) is 4.98 Å². The highest BCUT2D eigenvalue weighted by atomic mass is 16.2. The van der Waals surface area contributed by atoms with E-state index in [1.165, 1.54) is 0 Å². The van der Waals surface area contributed by atoms with Crippen LogP contribution >= 0.6 is 0 Å². The van der Waals surface area contributed by atoms with Gasteiger partial charge in [0, 0.05) is 43.6 Å². The van der Waals surface area contributed by atoms with Crippen molar-refractivity contribution in [3.8, 4) is 0 Å². The van der Waals surface area contributed by atoms with Crippen LogP contribution in [0.15, 0.2) is 43.0 Å². The average Bonchev–Trinajstić information content (AvgIpc) is 3.08. The van der Waals surface area contributed by atoms with E-state index in [4.69, 9.17) is 5.73 Å². The van der Waals surface area contributed by atoms with Crippen LogP contribution in [0.25, 0.3) is 0 Å². The van der Waals surface area contributed by atoms with E-state index in [9.17, 15) is 4.79 Å². The Hall–Kier alpha value is -2.14. The van der Waals surface area contributed by atoms with Gasteiger partial charge in [-0.15, -0.1) is 0 Å². The maximum absolute atomic E-state index is 12.7. The molecule has 0 aliphatic carbocycles. The third-order valence-corrected chi connectivity index (χ3v) is 4.29. The van der Waals surface area contributed by atoms with E-state index in [1.54, 1.807) is 12.5 Å². The Morgan fingerprint density at radius 3 is 2.77 bits per heavy atom. The van der Waals surface area contributed by atoms with Gasteiger partial charge < -0.3 is 15.2 Å². The molecular weight excluding hydrogens is 276 g/mol. The molecule has 1 fully saturated rings. The molecule has 1 saturated heterocycles. The second-order valence-corrected chi connectivity index (χ2v) is 5.82. The van der Waals surface area contributed by atoms with E-state index < -0.39 is 0 Å². The van der Waals surface area contributed by atoms with Crippen LogP contribution < -0.4 is 5.73 Å². The number of likely N-dealkylation sites (tertiary alicyclic amines) is 1. The van der Waals surface area contributed by atoms with Crippen LogP contribution in [0.3, 0.4) is 0 Å². The molecule has 0 spiro atoms. The first-order chi connectivity index (χ1) is 10.8. The van der Waals surface area contributed by atoms with Gasteiger partial charge in [-0.1, -0.05) is 12.1 Å². The molecule has 1 aromatic heterocycles. The fraction of sp³-hybridized carbons (Fsp3) is 0.412. The predicted molar refractivity (Wildman–Crippen MR) is 85.5 cm³/mol. The lowest BCUT2D eigenvalue weighted by atomic mass is 10.0. The summed E-state index contributed by atoms with van der Waals surface area (Å²) in [5, 5.41) is 0. The number of nitrogens with zero attached hydrogens (tertiary/aromatic N) is 3. The van der Waals surface area contributed by atoms with Crippen molar-refractivity contribution in [2.75, 3.05) is 13.1 Å². The molecule has 1 aliphatic rings. The van der Waals surface area contributed by atoms with Gasteiger partial charge in [-0.2, -0.15) is 0 Å². The number of imidazole rings is 1. The second kappa shape index (κ2) is 6.75.